The van der Waals surface area contributed by atoms with Crippen molar-refractivity contribution in [2.75, 3.05) is 6.61 Å². The largest absolute Gasteiger partial charge is 0.493 e. The van der Waals surface area contributed by atoms with Crippen molar-refractivity contribution in [3.8, 4) is 5.75 Å². The van der Waals surface area contributed by atoms with Gasteiger partial charge in [-0.15, -0.1) is 0 Å². The van der Waals surface area contributed by atoms with Gasteiger partial charge < -0.3 is 9.47 Å². The second-order valence-corrected chi connectivity index (χ2v) is 7.12. The molecular formula is C21H24O3. The predicted molar refractivity (Wildman–Crippen MR) is 94.0 cm³/mol. The van der Waals surface area contributed by atoms with Crippen LogP contribution in [-0.4, -0.2) is 12.6 Å². The van der Waals surface area contributed by atoms with Crippen LogP contribution in [0.2, 0.25) is 0 Å². The van der Waals surface area contributed by atoms with Crippen LogP contribution >= 0.6 is 0 Å². The van der Waals surface area contributed by atoms with E-state index in [-0.39, 0.29) is 17.8 Å². The molecule has 2 fully saturated rings. The Hall–Kier alpha value is -2.03. The van der Waals surface area contributed by atoms with Crippen LogP contribution < -0.4 is 4.74 Å². The quantitative estimate of drug-likeness (QED) is 0.760. The number of hydrogen-bond donors (Lipinski definition) is 0. The number of carbonyl (C=O) groups excluding carboxylic acids is 1. The van der Waals surface area contributed by atoms with Gasteiger partial charge in [-0.05, 0) is 38.1 Å². The van der Waals surface area contributed by atoms with Crippen LogP contribution in [0.5, 0.6) is 5.75 Å². The molecule has 0 radical (unpaired) electrons. The van der Waals surface area contributed by atoms with Crippen LogP contribution in [0.4, 0.5) is 0 Å². The first-order valence-corrected chi connectivity index (χ1v) is 9.03. The van der Waals surface area contributed by atoms with Gasteiger partial charge in [-0.1, -0.05) is 43.2 Å². The van der Waals surface area contributed by atoms with Crippen LogP contribution in [0.3, 0.4) is 0 Å². The summed E-state index contributed by atoms with van der Waals surface area (Å²) in [6.07, 6.45) is 4.35. The van der Waals surface area contributed by atoms with Gasteiger partial charge in [0.05, 0.1) is 12.5 Å². The van der Waals surface area contributed by atoms with E-state index < -0.39 is 5.60 Å². The van der Waals surface area contributed by atoms with E-state index in [4.69, 9.17) is 9.47 Å². The number of rotatable bonds is 3. The molecule has 0 bridgehead atoms. The molecule has 126 valence electrons. The number of ether oxygens (including phenoxy) is 2. The number of carbonyl (C=O) groups is 1. The third kappa shape index (κ3) is 2.21. The Labute approximate surface area is 143 Å². The van der Waals surface area contributed by atoms with Crippen molar-refractivity contribution in [1.82, 2.24) is 0 Å². The average Bonchev–Trinajstić information content (AvgIpc) is 2.87. The maximum Gasteiger partial charge on any atom is 0.310 e. The molecule has 3 atom stereocenters. The molecule has 24 heavy (non-hydrogen) atoms. The molecule has 4 rings (SSSR count). The van der Waals surface area contributed by atoms with Crippen LogP contribution in [0, 0.1) is 11.8 Å². The molecule has 1 saturated carbocycles. The summed E-state index contributed by atoms with van der Waals surface area (Å²) in [6, 6.07) is 12.4. The Balaban J connectivity index is 1.87. The number of benzene rings is 2. The minimum absolute atomic E-state index is 0.0137. The number of hydrogen-bond acceptors (Lipinski definition) is 3. The van der Waals surface area contributed by atoms with Gasteiger partial charge in [0.25, 0.3) is 0 Å². The molecule has 0 unspecified atom stereocenters. The van der Waals surface area contributed by atoms with Crippen molar-refractivity contribution < 1.29 is 14.3 Å². The molecule has 0 N–H and O–H groups in total. The molecule has 0 aromatic heterocycles. The average molecular weight is 324 g/mol. The fourth-order valence-corrected chi connectivity index (χ4v) is 4.67. The van der Waals surface area contributed by atoms with E-state index in [1.54, 1.807) is 0 Å². The second kappa shape index (κ2) is 5.80. The summed E-state index contributed by atoms with van der Waals surface area (Å²) in [4.78, 5) is 12.5. The first-order valence-electron chi connectivity index (χ1n) is 9.03. The van der Waals surface area contributed by atoms with Gasteiger partial charge in [0, 0.05) is 16.9 Å². The maximum atomic E-state index is 12.5. The highest BCUT2D eigenvalue weighted by Crippen LogP contribution is 2.52. The fourth-order valence-electron chi connectivity index (χ4n) is 4.67. The van der Waals surface area contributed by atoms with E-state index in [9.17, 15) is 4.79 Å². The predicted octanol–water partition coefficient (Wildman–Crippen LogP) is 4.82. The Morgan fingerprint density at radius 1 is 1.12 bits per heavy atom. The van der Waals surface area contributed by atoms with Gasteiger partial charge in [0.2, 0.25) is 0 Å². The lowest BCUT2D eigenvalue weighted by Crippen LogP contribution is -2.33. The molecular weight excluding hydrogens is 300 g/mol. The van der Waals surface area contributed by atoms with E-state index in [1.165, 1.54) is 6.42 Å². The summed E-state index contributed by atoms with van der Waals surface area (Å²) in [5, 5.41) is 2.22. The summed E-state index contributed by atoms with van der Waals surface area (Å²) in [5.41, 5.74) is 0.580. The first kappa shape index (κ1) is 15.5. The van der Waals surface area contributed by atoms with Crippen molar-refractivity contribution in [3.05, 3.63) is 42.0 Å². The first-order chi connectivity index (χ1) is 11.6. The molecule has 1 saturated heterocycles. The number of fused-ring (bicyclic) bond motifs is 2. The summed E-state index contributed by atoms with van der Waals surface area (Å²) in [5.74, 6) is 1.22. The molecule has 0 spiro atoms. The summed E-state index contributed by atoms with van der Waals surface area (Å²) < 4.78 is 11.8. The van der Waals surface area contributed by atoms with E-state index in [0.29, 0.717) is 6.61 Å². The normalized spacial score (nSPS) is 29.3. The Kier molecular flexibility index (Phi) is 3.75. The number of esters is 1. The standard InChI is InChI=1S/C21H24O3/c1-3-23-19-13-12-18(14-8-4-5-9-15(14)19)21(2)17-11-7-6-10-16(17)20(22)24-21/h4-5,8-9,12-13,16-17H,3,6-7,10-11H2,1-2H3/t16-,17+,21-/m0/s1. The zero-order chi connectivity index (χ0) is 16.7. The van der Waals surface area contributed by atoms with Gasteiger partial charge in [0.1, 0.15) is 11.4 Å². The van der Waals surface area contributed by atoms with Crippen molar-refractivity contribution in [3.63, 3.8) is 0 Å². The second-order valence-electron chi connectivity index (χ2n) is 7.12. The SMILES string of the molecule is CCOc1ccc([C@@]2(C)OC(=O)[C@H]3CCCC[C@H]32)c2ccccc12. The van der Waals surface area contributed by atoms with Crippen LogP contribution in [0.15, 0.2) is 36.4 Å². The molecule has 2 aromatic rings. The van der Waals surface area contributed by atoms with Crippen molar-refractivity contribution in [2.45, 2.75) is 45.1 Å². The third-order valence-corrected chi connectivity index (χ3v) is 5.81. The zero-order valence-electron chi connectivity index (χ0n) is 14.4. The van der Waals surface area contributed by atoms with Gasteiger partial charge in [0.15, 0.2) is 0 Å². The third-order valence-electron chi connectivity index (χ3n) is 5.81. The van der Waals surface area contributed by atoms with Crippen LogP contribution in [0.1, 0.15) is 45.1 Å². The Morgan fingerprint density at radius 3 is 2.67 bits per heavy atom. The highest BCUT2D eigenvalue weighted by molar-refractivity contribution is 5.92. The van der Waals surface area contributed by atoms with E-state index in [0.717, 1.165) is 41.3 Å². The van der Waals surface area contributed by atoms with Gasteiger partial charge in [-0.25, -0.2) is 0 Å². The molecule has 0 amide bonds. The summed E-state index contributed by atoms with van der Waals surface area (Å²) in [6.45, 7) is 4.73. The minimum Gasteiger partial charge on any atom is -0.493 e. The lowest BCUT2D eigenvalue weighted by Gasteiger charge is -2.34. The van der Waals surface area contributed by atoms with Gasteiger partial charge in [-0.3, -0.25) is 4.79 Å². The van der Waals surface area contributed by atoms with Crippen molar-refractivity contribution in [2.24, 2.45) is 11.8 Å². The minimum atomic E-state index is -0.535. The highest BCUT2D eigenvalue weighted by Gasteiger charge is 2.54. The van der Waals surface area contributed by atoms with E-state index >= 15 is 0 Å². The lowest BCUT2D eigenvalue weighted by molar-refractivity contribution is -0.150. The van der Waals surface area contributed by atoms with Gasteiger partial charge >= 0.3 is 5.97 Å². The molecule has 3 nitrogen and oxygen atoms in total. The maximum absolute atomic E-state index is 12.5. The molecule has 1 heterocycles. The van der Waals surface area contributed by atoms with Crippen LogP contribution in [0.25, 0.3) is 10.8 Å². The van der Waals surface area contributed by atoms with Crippen molar-refractivity contribution in [1.29, 1.82) is 0 Å². The molecule has 1 aliphatic carbocycles. The topological polar surface area (TPSA) is 35.5 Å². The van der Waals surface area contributed by atoms with E-state index in [1.807, 2.05) is 25.1 Å². The molecule has 1 aliphatic heterocycles. The smallest absolute Gasteiger partial charge is 0.310 e. The summed E-state index contributed by atoms with van der Waals surface area (Å²) in [7, 11) is 0. The Bertz CT molecular complexity index is 782. The molecule has 3 heteroatoms. The summed E-state index contributed by atoms with van der Waals surface area (Å²) >= 11 is 0. The highest BCUT2D eigenvalue weighted by atomic mass is 16.6. The number of cyclic esters (lactones) is 1. The monoisotopic (exact) mass is 324 g/mol. The van der Waals surface area contributed by atoms with Crippen molar-refractivity contribution >= 4 is 16.7 Å². The zero-order valence-corrected chi connectivity index (χ0v) is 14.4. The lowest BCUT2D eigenvalue weighted by atomic mass is 9.70. The fraction of sp³-hybridized carbons (Fsp3) is 0.476. The van der Waals surface area contributed by atoms with E-state index in [2.05, 4.69) is 25.1 Å². The molecule has 2 aliphatic rings. The molecule has 2 aromatic carbocycles. The van der Waals surface area contributed by atoms with Gasteiger partial charge in [-0.2, -0.15) is 0 Å². The van der Waals surface area contributed by atoms with Crippen LogP contribution in [-0.2, 0) is 15.1 Å². The Morgan fingerprint density at radius 2 is 1.88 bits per heavy atom.